The van der Waals surface area contributed by atoms with E-state index in [0.29, 0.717) is 23.6 Å². The van der Waals surface area contributed by atoms with Crippen molar-refractivity contribution in [2.75, 3.05) is 10.6 Å². The van der Waals surface area contributed by atoms with Crippen LogP contribution in [-0.4, -0.2) is 10.9 Å². The van der Waals surface area contributed by atoms with Gasteiger partial charge in [-0.3, -0.25) is 4.79 Å². The van der Waals surface area contributed by atoms with Gasteiger partial charge in [0.2, 0.25) is 5.91 Å². The number of hydrogen-bond donors (Lipinski definition) is 2. The first-order valence-corrected chi connectivity index (χ1v) is 8.36. The average Bonchev–Trinajstić information content (AvgIpc) is 3.06. The van der Waals surface area contributed by atoms with Crippen LogP contribution >= 0.6 is 22.9 Å². The monoisotopic (exact) mass is 361 g/mol. The van der Waals surface area contributed by atoms with Crippen molar-refractivity contribution >= 4 is 46.0 Å². The molecule has 0 fully saturated rings. The number of halogens is 2. The summed E-state index contributed by atoms with van der Waals surface area (Å²) in [5, 5.41) is 7.79. The smallest absolute Gasteiger partial charge is 0.230 e. The molecule has 0 bridgehead atoms. The van der Waals surface area contributed by atoms with E-state index >= 15 is 0 Å². The predicted octanol–water partition coefficient (Wildman–Crippen LogP) is 4.86. The molecule has 0 saturated carbocycles. The van der Waals surface area contributed by atoms with Gasteiger partial charge < -0.3 is 10.6 Å². The Morgan fingerprint density at radius 3 is 2.71 bits per heavy atom. The lowest BCUT2D eigenvalue weighted by Crippen LogP contribution is -2.14. The number of carbonyl (C=O) groups excluding carboxylic acids is 1. The minimum atomic E-state index is -0.468. The van der Waals surface area contributed by atoms with Crippen LogP contribution in [0.1, 0.15) is 4.88 Å². The van der Waals surface area contributed by atoms with Gasteiger partial charge in [0.25, 0.3) is 0 Å². The first kappa shape index (κ1) is 16.4. The summed E-state index contributed by atoms with van der Waals surface area (Å²) in [6.45, 7) is 0. The van der Waals surface area contributed by atoms with Gasteiger partial charge in [0, 0.05) is 10.6 Å². The fraction of sp³-hybridized carbons (Fsp3) is 0.0588. The van der Waals surface area contributed by atoms with E-state index in [-0.39, 0.29) is 10.9 Å². The van der Waals surface area contributed by atoms with Gasteiger partial charge in [0.05, 0.1) is 23.3 Å². The van der Waals surface area contributed by atoms with Gasteiger partial charge in [-0.2, -0.15) is 0 Å². The third-order valence-electron chi connectivity index (χ3n) is 3.15. The first-order valence-electron chi connectivity index (χ1n) is 7.10. The van der Waals surface area contributed by atoms with Gasteiger partial charge in [-0.05, 0) is 41.8 Å². The summed E-state index contributed by atoms with van der Waals surface area (Å²) in [5.41, 5.74) is 1.35. The van der Waals surface area contributed by atoms with E-state index in [9.17, 15) is 9.18 Å². The Kier molecular flexibility index (Phi) is 5.08. The van der Waals surface area contributed by atoms with Crippen LogP contribution in [0.2, 0.25) is 5.02 Å². The molecular weight excluding hydrogens is 349 g/mol. The summed E-state index contributed by atoms with van der Waals surface area (Å²) >= 11 is 7.28. The summed E-state index contributed by atoms with van der Waals surface area (Å²) in [6.07, 6.45) is 1.91. The number of amides is 1. The molecule has 2 aromatic heterocycles. The molecule has 0 aliphatic rings. The Labute approximate surface area is 147 Å². The Hall–Kier alpha value is -2.44. The number of anilines is 3. The second-order valence-electron chi connectivity index (χ2n) is 4.99. The maximum atomic E-state index is 13.1. The quantitative estimate of drug-likeness (QED) is 0.682. The van der Waals surface area contributed by atoms with E-state index in [1.807, 2.05) is 17.5 Å². The molecule has 1 aromatic carbocycles. The molecule has 7 heteroatoms. The van der Waals surface area contributed by atoms with Crippen molar-refractivity contribution in [1.82, 2.24) is 4.98 Å². The van der Waals surface area contributed by atoms with Crippen molar-refractivity contribution in [3.8, 4) is 0 Å². The molecule has 3 rings (SSSR count). The average molecular weight is 362 g/mol. The number of nitrogens with one attached hydrogen (secondary N) is 2. The molecule has 0 saturated heterocycles. The van der Waals surface area contributed by atoms with Crippen LogP contribution in [0.5, 0.6) is 0 Å². The van der Waals surface area contributed by atoms with E-state index in [2.05, 4.69) is 15.6 Å². The molecule has 1 amide bonds. The molecule has 24 heavy (non-hydrogen) atoms. The zero-order valence-electron chi connectivity index (χ0n) is 12.4. The molecule has 0 atom stereocenters. The summed E-state index contributed by atoms with van der Waals surface area (Å²) in [5.74, 6) is -0.112. The predicted molar refractivity (Wildman–Crippen MR) is 95.6 cm³/mol. The second-order valence-corrected chi connectivity index (χ2v) is 6.43. The van der Waals surface area contributed by atoms with Crippen molar-refractivity contribution in [1.29, 1.82) is 0 Å². The number of aromatic nitrogens is 1. The fourth-order valence-corrected chi connectivity index (χ4v) is 2.92. The number of nitrogens with zero attached hydrogens (tertiary/aromatic N) is 1. The van der Waals surface area contributed by atoms with Gasteiger partial charge in [0.15, 0.2) is 0 Å². The van der Waals surface area contributed by atoms with Crippen molar-refractivity contribution < 1.29 is 9.18 Å². The van der Waals surface area contributed by atoms with E-state index in [0.717, 1.165) is 4.88 Å². The van der Waals surface area contributed by atoms with Crippen LogP contribution in [0.25, 0.3) is 0 Å². The maximum Gasteiger partial charge on any atom is 0.230 e. The van der Waals surface area contributed by atoms with Gasteiger partial charge in [-0.1, -0.05) is 17.7 Å². The van der Waals surface area contributed by atoms with Crippen molar-refractivity contribution in [3.63, 3.8) is 0 Å². The fourth-order valence-electron chi connectivity index (χ4n) is 2.04. The van der Waals surface area contributed by atoms with Crippen LogP contribution in [0.4, 0.5) is 21.6 Å². The number of rotatable bonds is 5. The molecule has 0 aliphatic carbocycles. The molecule has 0 aliphatic heterocycles. The second kappa shape index (κ2) is 7.42. The van der Waals surface area contributed by atoms with Gasteiger partial charge >= 0.3 is 0 Å². The van der Waals surface area contributed by atoms with Crippen LogP contribution in [0.3, 0.4) is 0 Å². The summed E-state index contributed by atoms with van der Waals surface area (Å²) in [7, 11) is 0. The van der Waals surface area contributed by atoms with Crippen molar-refractivity contribution in [2.45, 2.75) is 6.42 Å². The molecule has 3 aromatic rings. The standard InChI is InChI=1S/C17H13ClFN3OS/c18-14-8-11(3-5-15(14)19)21-12-4-6-16(20-10-12)22-17(23)9-13-2-1-7-24-13/h1-8,10,21H,9H2,(H,20,22,23). The first-order chi connectivity index (χ1) is 11.6. The highest BCUT2D eigenvalue weighted by molar-refractivity contribution is 7.10. The number of carbonyl (C=O) groups is 1. The Balaban J connectivity index is 1.60. The van der Waals surface area contributed by atoms with Gasteiger partial charge in [-0.15, -0.1) is 11.3 Å². The van der Waals surface area contributed by atoms with Crippen LogP contribution < -0.4 is 10.6 Å². The van der Waals surface area contributed by atoms with Crippen molar-refractivity contribution in [2.24, 2.45) is 0 Å². The zero-order chi connectivity index (χ0) is 16.9. The van der Waals surface area contributed by atoms with E-state index in [4.69, 9.17) is 11.6 Å². The molecule has 2 heterocycles. The third-order valence-corrected chi connectivity index (χ3v) is 4.32. The summed E-state index contributed by atoms with van der Waals surface area (Å²) in [6, 6.07) is 11.7. The Morgan fingerprint density at radius 2 is 2.04 bits per heavy atom. The van der Waals surface area contributed by atoms with E-state index in [1.165, 1.54) is 23.5 Å². The number of pyridine rings is 1. The maximum absolute atomic E-state index is 13.1. The third kappa shape index (κ3) is 4.31. The van der Waals surface area contributed by atoms with Crippen molar-refractivity contribution in [3.05, 3.63) is 69.8 Å². The Morgan fingerprint density at radius 1 is 1.21 bits per heavy atom. The highest BCUT2D eigenvalue weighted by Gasteiger charge is 2.06. The molecule has 122 valence electrons. The Bertz CT molecular complexity index is 838. The largest absolute Gasteiger partial charge is 0.354 e. The molecule has 2 N–H and O–H groups in total. The van der Waals surface area contributed by atoms with Crippen LogP contribution in [-0.2, 0) is 11.2 Å². The molecule has 4 nitrogen and oxygen atoms in total. The summed E-state index contributed by atoms with van der Waals surface area (Å²) < 4.78 is 13.1. The number of hydrogen-bond acceptors (Lipinski definition) is 4. The summed E-state index contributed by atoms with van der Waals surface area (Å²) in [4.78, 5) is 17.1. The highest BCUT2D eigenvalue weighted by atomic mass is 35.5. The van der Waals surface area contributed by atoms with Crippen LogP contribution in [0.15, 0.2) is 54.0 Å². The SMILES string of the molecule is O=C(Cc1cccs1)Nc1ccc(Nc2ccc(F)c(Cl)c2)cn1. The normalized spacial score (nSPS) is 10.4. The number of thiophene rings is 1. The number of benzene rings is 1. The molecule has 0 unspecified atom stereocenters. The lowest BCUT2D eigenvalue weighted by Gasteiger charge is -2.08. The minimum absolute atomic E-state index is 0.0467. The highest BCUT2D eigenvalue weighted by Crippen LogP contribution is 2.23. The topological polar surface area (TPSA) is 54.0 Å². The van der Waals surface area contributed by atoms with E-state index in [1.54, 1.807) is 24.4 Å². The van der Waals surface area contributed by atoms with Crippen LogP contribution in [0, 0.1) is 5.82 Å². The zero-order valence-corrected chi connectivity index (χ0v) is 14.0. The van der Waals surface area contributed by atoms with E-state index < -0.39 is 5.82 Å². The molecular formula is C17H13ClFN3OS. The molecule has 0 spiro atoms. The minimum Gasteiger partial charge on any atom is -0.354 e. The lowest BCUT2D eigenvalue weighted by atomic mass is 10.3. The molecule has 0 radical (unpaired) electrons. The van der Waals surface area contributed by atoms with Gasteiger partial charge in [0.1, 0.15) is 11.6 Å². The lowest BCUT2D eigenvalue weighted by molar-refractivity contribution is -0.115. The van der Waals surface area contributed by atoms with Gasteiger partial charge in [-0.25, -0.2) is 9.37 Å².